The van der Waals surface area contributed by atoms with Gasteiger partial charge in [0.1, 0.15) is 16.9 Å². The van der Waals surface area contributed by atoms with Crippen LogP contribution in [0.2, 0.25) is 0 Å². The molecule has 0 N–H and O–H groups in total. The lowest BCUT2D eigenvalue weighted by molar-refractivity contribution is 0.0415. The number of piperazine rings is 2. The molecule has 4 aromatic carbocycles. The van der Waals surface area contributed by atoms with Crippen molar-refractivity contribution < 1.29 is 39.9 Å². The van der Waals surface area contributed by atoms with Crippen LogP contribution in [0, 0.1) is 11.6 Å². The van der Waals surface area contributed by atoms with E-state index in [2.05, 4.69) is 19.8 Å². The highest BCUT2D eigenvalue weighted by Crippen LogP contribution is 2.32. The summed E-state index contributed by atoms with van der Waals surface area (Å²) in [6.07, 6.45) is 1.10. The second-order valence-electron chi connectivity index (χ2n) is 14.2. The van der Waals surface area contributed by atoms with E-state index in [-0.39, 0.29) is 57.6 Å². The fourth-order valence-corrected chi connectivity index (χ4v) is 11.6. The molecule has 0 saturated carbocycles. The number of hydrogen-bond acceptors (Lipinski definition) is 13. The van der Waals surface area contributed by atoms with Gasteiger partial charge in [0.05, 0.1) is 54.6 Å². The molecule has 0 radical (unpaired) electrons. The number of aromatic nitrogens is 2. The van der Waals surface area contributed by atoms with E-state index in [0.29, 0.717) is 52.4 Å². The third-order valence-corrected chi connectivity index (χ3v) is 15.8. The zero-order chi connectivity index (χ0) is 41.5. The van der Waals surface area contributed by atoms with Crippen LogP contribution in [0.1, 0.15) is 20.7 Å². The number of thiazole rings is 2. The molecule has 19 heteroatoms. The first-order valence-corrected chi connectivity index (χ1v) is 23.7. The molecule has 2 aromatic heterocycles. The van der Waals surface area contributed by atoms with Gasteiger partial charge >= 0.3 is 0 Å². The highest BCUT2D eigenvalue weighted by atomic mass is 32.2. The topological polar surface area (TPSA) is 150 Å². The van der Waals surface area contributed by atoms with Crippen molar-refractivity contribution in [3.8, 4) is 0 Å². The van der Waals surface area contributed by atoms with E-state index in [4.69, 9.17) is 4.74 Å². The minimum atomic E-state index is -3.61. The number of amides is 2. The van der Waals surface area contributed by atoms with Crippen LogP contribution in [0.3, 0.4) is 0 Å². The van der Waals surface area contributed by atoms with Crippen LogP contribution in [0.15, 0.2) is 94.7 Å². The molecule has 5 heterocycles. The Labute approximate surface area is 347 Å². The second kappa shape index (κ2) is 16.5. The van der Waals surface area contributed by atoms with Gasteiger partial charge in [0.25, 0.3) is 11.8 Å². The summed E-state index contributed by atoms with van der Waals surface area (Å²) in [5, 5.41) is 0.993. The van der Waals surface area contributed by atoms with Crippen molar-refractivity contribution in [3.05, 3.63) is 108 Å². The third kappa shape index (κ3) is 8.52. The summed E-state index contributed by atoms with van der Waals surface area (Å²) < 4.78 is 83.1. The maximum Gasteiger partial charge on any atom is 0.255 e. The molecule has 0 spiro atoms. The van der Waals surface area contributed by atoms with Crippen molar-refractivity contribution in [1.29, 1.82) is 0 Å². The Bertz CT molecular complexity index is 2780. The van der Waals surface area contributed by atoms with Crippen LogP contribution in [0.5, 0.6) is 0 Å². The van der Waals surface area contributed by atoms with Crippen LogP contribution in [-0.2, 0) is 24.4 Å². The SMILES string of the molecule is CS(=O)(=O)c1ccccc1C(=O)N1CCN(c2nc3ccc(F)cc3s2)CC1.O=C(c1ccccc1S(=O)(=O)C1COC1)N1CCN(c2nc3ccc(F)cc3s2)CC1. The Morgan fingerprint density at radius 3 is 1.47 bits per heavy atom. The number of benzene rings is 4. The highest BCUT2D eigenvalue weighted by molar-refractivity contribution is 7.92. The summed E-state index contributed by atoms with van der Waals surface area (Å²) in [6.45, 7) is 4.44. The van der Waals surface area contributed by atoms with Gasteiger partial charge in [-0.2, -0.15) is 0 Å². The summed E-state index contributed by atoms with van der Waals surface area (Å²) in [7, 11) is -7.10. The summed E-state index contributed by atoms with van der Waals surface area (Å²) in [5.41, 5.74) is 1.91. The molecule has 308 valence electrons. The lowest BCUT2D eigenvalue weighted by atomic mass is 10.2. The smallest absolute Gasteiger partial charge is 0.255 e. The van der Waals surface area contributed by atoms with Gasteiger partial charge in [0.15, 0.2) is 29.9 Å². The van der Waals surface area contributed by atoms with E-state index < -0.39 is 24.9 Å². The minimum Gasteiger partial charge on any atom is -0.379 e. The van der Waals surface area contributed by atoms with E-state index in [1.54, 1.807) is 58.3 Å². The maximum absolute atomic E-state index is 13.5. The Morgan fingerprint density at radius 1 is 0.627 bits per heavy atom. The Hall–Kier alpha value is -5.08. The molecule has 9 rings (SSSR count). The van der Waals surface area contributed by atoms with E-state index >= 15 is 0 Å². The van der Waals surface area contributed by atoms with Crippen molar-refractivity contribution in [2.75, 3.05) is 81.6 Å². The van der Waals surface area contributed by atoms with E-state index in [1.807, 2.05) is 0 Å². The fraction of sp³-hybridized carbons (Fsp3) is 0.300. The maximum atomic E-state index is 13.5. The third-order valence-electron chi connectivity index (χ3n) is 10.3. The average molecular weight is 881 g/mol. The summed E-state index contributed by atoms with van der Waals surface area (Å²) in [5.74, 6) is -1.15. The molecule has 3 fully saturated rings. The van der Waals surface area contributed by atoms with E-state index in [9.17, 15) is 35.2 Å². The quantitative estimate of drug-likeness (QED) is 0.204. The number of fused-ring (bicyclic) bond motifs is 2. The average Bonchev–Trinajstić information content (AvgIpc) is 3.84. The molecule has 2 amide bonds. The van der Waals surface area contributed by atoms with Gasteiger partial charge in [0.2, 0.25) is 0 Å². The van der Waals surface area contributed by atoms with Gasteiger partial charge in [-0.25, -0.2) is 35.6 Å². The number of anilines is 2. The molecular formula is C40H38F2N6O7S4. The summed E-state index contributed by atoms with van der Waals surface area (Å²) in [4.78, 5) is 42.8. The van der Waals surface area contributed by atoms with Crippen molar-refractivity contribution in [2.45, 2.75) is 15.0 Å². The Balaban J connectivity index is 0.000000165. The van der Waals surface area contributed by atoms with Crippen LogP contribution in [-0.4, -0.2) is 125 Å². The molecule has 3 saturated heterocycles. The van der Waals surface area contributed by atoms with Crippen molar-refractivity contribution in [2.24, 2.45) is 0 Å². The van der Waals surface area contributed by atoms with Crippen LogP contribution < -0.4 is 9.80 Å². The zero-order valence-electron chi connectivity index (χ0n) is 31.7. The highest BCUT2D eigenvalue weighted by Gasteiger charge is 2.37. The predicted octanol–water partition coefficient (Wildman–Crippen LogP) is 5.37. The molecule has 13 nitrogen and oxygen atoms in total. The lowest BCUT2D eigenvalue weighted by Crippen LogP contribution is -2.49. The number of carbonyl (C=O) groups is 2. The number of hydrogen-bond donors (Lipinski definition) is 0. The number of ether oxygens (including phenoxy) is 1. The van der Waals surface area contributed by atoms with Crippen molar-refractivity contribution >= 4 is 84.9 Å². The van der Waals surface area contributed by atoms with Gasteiger partial charge in [-0.05, 0) is 60.7 Å². The second-order valence-corrected chi connectivity index (χ2v) is 20.4. The molecule has 6 aromatic rings. The molecule has 3 aliphatic heterocycles. The van der Waals surface area contributed by atoms with Crippen LogP contribution >= 0.6 is 22.7 Å². The van der Waals surface area contributed by atoms with Gasteiger partial charge in [0, 0.05) is 58.6 Å². The van der Waals surface area contributed by atoms with Crippen LogP contribution in [0.25, 0.3) is 20.4 Å². The molecule has 0 aliphatic carbocycles. The molecular weight excluding hydrogens is 843 g/mol. The standard InChI is InChI=1S/C21H20FN3O4S2.C19H18FN3O3S2/c22-14-5-6-17-18(11-14)30-21(23-17)25-9-7-24(8-10-25)20(26)16-3-1-2-4-19(16)31(27,28)15-12-29-13-15;1-28(25,26)17-5-3-2-4-14(17)18(24)22-8-10-23(11-9-22)19-21-15-7-6-13(20)12-16(15)27-19/h1-6,11,15H,7-10,12-13H2;2-7,12H,8-11H2,1H3. The van der Waals surface area contributed by atoms with Crippen molar-refractivity contribution in [1.82, 2.24) is 19.8 Å². The minimum absolute atomic E-state index is 0.0515. The Kier molecular flexibility index (Phi) is 11.4. The number of rotatable bonds is 7. The first-order chi connectivity index (χ1) is 28.3. The summed E-state index contributed by atoms with van der Waals surface area (Å²) >= 11 is 2.84. The lowest BCUT2D eigenvalue weighted by Gasteiger charge is -2.35. The number of halogens is 2. The summed E-state index contributed by atoms with van der Waals surface area (Å²) in [6, 6.07) is 21.7. The van der Waals surface area contributed by atoms with E-state index in [1.165, 1.54) is 59.1 Å². The van der Waals surface area contributed by atoms with Gasteiger partial charge in [-0.3, -0.25) is 9.59 Å². The molecule has 3 aliphatic rings. The zero-order valence-corrected chi connectivity index (χ0v) is 34.9. The molecule has 59 heavy (non-hydrogen) atoms. The predicted molar refractivity (Wildman–Crippen MR) is 223 cm³/mol. The first-order valence-electron chi connectivity index (χ1n) is 18.7. The largest absolute Gasteiger partial charge is 0.379 e. The normalized spacial score (nSPS) is 16.5. The fourth-order valence-electron chi connectivity index (χ4n) is 7.02. The first kappa shape index (κ1) is 40.7. The number of nitrogens with zero attached hydrogens (tertiary/aromatic N) is 6. The van der Waals surface area contributed by atoms with Gasteiger partial charge < -0.3 is 24.3 Å². The molecule has 0 atom stereocenters. The van der Waals surface area contributed by atoms with Gasteiger partial charge in [-0.15, -0.1) is 0 Å². The molecule has 0 unspecified atom stereocenters. The van der Waals surface area contributed by atoms with E-state index in [0.717, 1.165) is 37.0 Å². The number of sulfone groups is 2. The monoisotopic (exact) mass is 880 g/mol. The Morgan fingerprint density at radius 2 is 1.05 bits per heavy atom. The molecule has 0 bridgehead atoms. The number of carbonyl (C=O) groups excluding carboxylic acids is 2. The van der Waals surface area contributed by atoms with Crippen LogP contribution in [0.4, 0.5) is 19.0 Å². The van der Waals surface area contributed by atoms with Gasteiger partial charge in [-0.1, -0.05) is 46.9 Å². The van der Waals surface area contributed by atoms with Crippen molar-refractivity contribution in [3.63, 3.8) is 0 Å².